The van der Waals surface area contributed by atoms with Gasteiger partial charge in [0.15, 0.2) is 17.5 Å². The summed E-state index contributed by atoms with van der Waals surface area (Å²) in [7, 11) is 7.26. The number of benzene rings is 1. The molecule has 0 saturated carbocycles. The second kappa shape index (κ2) is 11.0. The summed E-state index contributed by atoms with van der Waals surface area (Å²) < 4.78 is 10.7. The fourth-order valence-corrected chi connectivity index (χ4v) is 3.64. The van der Waals surface area contributed by atoms with Gasteiger partial charge in [0, 0.05) is 40.3 Å². The summed E-state index contributed by atoms with van der Waals surface area (Å²) in [5.41, 5.74) is 1.22. The van der Waals surface area contributed by atoms with Gasteiger partial charge in [-0.1, -0.05) is 13.0 Å². The molecule has 6 nitrogen and oxygen atoms in total. The number of hydrogen-bond acceptors (Lipinski definition) is 4. The Morgan fingerprint density at radius 2 is 2.07 bits per heavy atom. The molecule has 1 saturated heterocycles. The van der Waals surface area contributed by atoms with E-state index in [0.717, 1.165) is 49.4 Å². The number of rotatable bonds is 8. The highest BCUT2D eigenvalue weighted by molar-refractivity contribution is 5.79. The zero-order chi connectivity index (χ0) is 19.6. The van der Waals surface area contributed by atoms with E-state index in [1.165, 1.54) is 31.5 Å². The van der Waals surface area contributed by atoms with Crippen LogP contribution in [0.5, 0.6) is 11.5 Å². The fourth-order valence-electron chi connectivity index (χ4n) is 3.64. The topological polar surface area (TPSA) is 49.3 Å². The van der Waals surface area contributed by atoms with E-state index in [-0.39, 0.29) is 0 Å². The first-order valence-electron chi connectivity index (χ1n) is 9.92. The van der Waals surface area contributed by atoms with Crippen LogP contribution in [0.4, 0.5) is 0 Å². The van der Waals surface area contributed by atoms with Gasteiger partial charge in [-0.2, -0.15) is 0 Å². The molecule has 0 radical (unpaired) electrons. The first-order chi connectivity index (χ1) is 13.1. The Balaban J connectivity index is 1.78. The standard InChI is InChI=1S/C21H36N4O2/c1-17-7-6-12-25(16-17)14-11-23-21(22-2)24(3)13-10-18-8-9-19(26-4)20(15-18)27-5/h8-9,15,17H,6-7,10-14,16H2,1-5H3,(H,22,23). The highest BCUT2D eigenvalue weighted by Crippen LogP contribution is 2.27. The van der Waals surface area contributed by atoms with Crippen molar-refractivity contribution in [2.45, 2.75) is 26.2 Å². The molecule has 2 rings (SSSR count). The minimum Gasteiger partial charge on any atom is -0.493 e. The van der Waals surface area contributed by atoms with Gasteiger partial charge in [0.2, 0.25) is 0 Å². The average Bonchev–Trinajstić information content (AvgIpc) is 2.69. The third-order valence-corrected chi connectivity index (χ3v) is 5.21. The van der Waals surface area contributed by atoms with Gasteiger partial charge in [0.1, 0.15) is 0 Å². The van der Waals surface area contributed by atoms with E-state index in [4.69, 9.17) is 9.47 Å². The molecule has 1 N–H and O–H groups in total. The van der Waals surface area contributed by atoms with E-state index in [9.17, 15) is 0 Å². The average molecular weight is 377 g/mol. The van der Waals surface area contributed by atoms with Crippen molar-refractivity contribution < 1.29 is 9.47 Å². The minimum atomic E-state index is 0.763. The van der Waals surface area contributed by atoms with Crippen LogP contribution >= 0.6 is 0 Å². The van der Waals surface area contributed by atoms with Crippen LogP contribution in [0, 0.1) is 5.92 Å². The van der Waals surface area contributed by atoms with Crippen molar-refractivity contribution in [2.75, 3.05) is 61.0 Å². The maximum absolute atomic E-state index is 5.39. The van der Waals surface area contributed by atoms with Crippen LogP contribution in [0.15, 0.2) is 23.2 Å². The molecule has 1 heterocycles. The van der Waals surface area contributed by atoms with Crippen molar-refractivity contribution in [2.24, 2.45) is 10.9 Å². The van der Waals surface area contributed by atoms with Gasteiger partial charge >= 0.3 is 0 Å². The summed E-state index contributed by atoms with van der Waals surface area (Å²) in [6.07, 6.45) is 3.60. The smallest absolute Gasteiger partial charge is 0.193 e. The van der Waals surface area contributed by atoms with Gasteiger partial charge in [-0.15, -0.1) is 0 Å². The van der Waals surface area contributed by atoms with Gasteiger partial charge in [0.25, 0.3) is 0 Å². The Hall–Kier alpha value is -1.95. The third kappa shape index (κ3) is 6.61. The molecule has 1 unspecified atom stereocenters. The van der Waals surface area contributed by atoms with E-state index < -0.39 is 0 Å². The third-order valence-electron chi connectivity index (χ3n) is 5.21. The van der Waals surface area contributed by atoms with Crippen molar-refractivity contribution in [1.82, 2.24) is 15.1 Å². The Morgan fingerprint density at radius 3 is 2.74 bits per heavy atom. The number of guanidine groups is 1. The van der Waals surface area contributed by atoms with Crippen LogP contribution in [0.3, 0.4) is 0 Å². The van der Waals surface area contributed by atoms with Crippen molar-refractivity contribution >= 4 is 5.96 Å². The van der Waals surface area contributed by atoms with E-state index >= 15 is 0 Å². The molecular weight excluding hydrogens is 340 g/mol. The van der Waals surface area contributed by atoms with Gasteiger partial charge in [-0.3, -0.25) is 4.99 Å². The van der Waals surface area contributed by atoms with Crippen molar-refractivity contribution in [1.29, 1.82) is 0 Å². The maximum Gasteiger partial charge on any atom is 0.193 e. The van der Waals surface area contributed by atoms with E-state index in [1.807, 2.05) is 19.2 Å². The monoisotopic (exact) mass is 376 g/mol. The molecule has 1 aliphatic rings. The van der Waals surface area contributed by atoms with Crippen molar-refractivity contribution in [3.8, 4) is 11.5 Å². The van der Waals surface area contributed by atoms with E-state index in [0.29, 0.717) is 0 Å². The van der Waals surface area contributed by atoms with Crippen LogP contribution in [-0.2, 0) is 6.42 Å². The minimum absolute atomic E-state index is 0.763. The highest BCUT2D eigenvalue weighted by atomic mass is 16.5. The predicted molar refractivity (Wildman–Crippen MR) is 112 cm³/mol. The Kier molecular flexibility index (Phi) is 8.72. The first kappa shape index (κ1) is 21.4. The number of likely N-dealkylation sites (N-methyl/N-ethyl adjacent to an activating group) is 1. The lowest BCUT2D eigenvalue weighted by atomic mass is 10.0. The van der Waals surface area contributed by atoms with E-state index in [2.05, 4.69) is 40.1 Å². The SMILES string of the molecule is CN=C(NCCN1CCCC(C)C1)N(C)CCc1ccc(OC)c(OC)c1. The molecule has 152 valence electrons. The normalized spacial score (nSPS) is 18.3. The second-order valence-electron chi connectivity index (χ2n) is 7.38. The molecule has 0 aliphatic carbocycles. The summed E-state index contributed by atoms with van der Waals surface area (Å²) in [4.78, 5) is 9.16. The number of hydrogen-bond donors (Lipinski definition) is 1. The van der Waals surface area contributed by atoms with Gasteiger partial charge in [-0.25, -0.2) is 0 Å². The maximum atomic E-state index is 5.39. The van der Waals surface area contributed by atoms with Crippen LogP contribution in [0.25, 0.3) is 0 Å². The molecule has 6 heteroatoms. The molecule has 0 bridgehead atoms. The molecule has 1 atom stereocenters. The molecule has 1 fully saturated rings. The first-order valence-corrected chi connectivity index (χ1v) is 9.92. The number of methoxy groups -OCH3 is 2. The summed E-state index contributed by atoms with van der Waals surface area (Å²) in [6.45, 7) is 7.68. The molecule has 1 aliphatic heterocycles. The highest BCUT2D eigenvalue weighted by Gasteiger charge is 2.16. The molecule has 1 aromatic carbocycles. The molecular formula is C21H36N4O2. The molecule has 0 amide bonds. The largest absolute Gasteiger partial charge is 0.493 e. The lowest BCUT2D eigenvalue weighted by molar-refractivity contribution is 0.186. The molecule has 0 spiro atoms. The lowest BCUT2D eigenvalue weighted by Crippen LogP contribution is -2.44. The molecule has 1 aromatic rings. The number of nitrogens with one attached hydrogen (secondary N) is 1. The van der Waals surface area contributed by atoms with Crippen LogP contribution in [0.2, 0.25) is 0 Å². The van der Waals surface area contributed by atoms with Crippen molar-refractivity contribution in [3.63, 3.8) is 0 Å². The van der Waals surface area contributed by atoms with Crippen LogP contribution in [0.1, 0.15) is 25.3 Å². The van der Waals surface area contributed by atoms with Gasteiger partial charge in [-0.05, 0) is 49.4 Å². The zero-order valence-corrected chi connectivity index (χ0v) is 17.6. The Labute approximate surface area is 164 Å². The van der Waals surface area contributed by atoms with Gasteiger partial charge in [0.05, 0.1) is 14.2 Å². The van der Waals surface area contributed by atoms with Crippen LogP contribution in [-0.4, -0.2) is 76.8 Å². The Morgan fingerprint density at radius 1 is 1.30 bits per heavy atom. The quantitative estimate of drug-likeness (QED) is 0.558. The number of likely N-dealkylation sites (tertiary alicyclic amines) is 1. The van der Waals surface area contributed by atoms with Crippen molar-refractivity contribution in [3.05, 3.63) is 23.8 Å². The Bertz CT molecular complexity index is 606. The summed E-state index contributed by atoms with van der Waals surface area (Å²) >= 11 is 0. The number of nitrogens with zero attached hydrogens (tertiary/aromatic N) is 3. The zero-order valence-electron chi connectivity index (χ0n) is 17.6. The number of aliphatic imine (C=N–C) groups is 1. The lowest BCUT2D eigenvalue weighted by Gasteiger charge is -2.31. The molecule has 0 aromatic heterocycles. The number of piperidine rings is 1. The fraction of sp³-hybridized carbons (Fsp3) is 0.667. The van der Waals surface area contributed by atoms with E-state index in [1.54, 1.807) is 14.2 Å². The van der Waals surface area contributed by atoms with Crippen LogP contribution < -0.4 is 14.8 Å². The predicted octanol–water partition coefficient (Wildman–Crippen LogP) is 2.49. The molecule has 27 heavy (non-hydrogen) atoms. The summed E-state index contributed by atoms with van der Waals surface area (Å²) in [5, 5.41) is 3.50. The summed E-state index contributed by atoms with van der Waals surface area (Å²) in [6, 6.07) is 6.09. The number of ether oxygens (including phenoxy) is 2. The summed E-state index contributed by atoms with van der Waals surface area (Å²) in [5.74, 6) is 3.30. The second-order valence-corrected chi connectivity index (χ2v) is 7.38. The van der Waals surface area contributed by atoms with Gasteiger partial charge < -0.3 is 24.6 Å².